The largest absolute Gasteiger partial charge is 1.00 e. The molecule has 2 aromatic rings. The van der Waals surface area contributed by atoms with Gasteiger partial charge >= 0.3 is 35.7 Å². The Kier molecular flexibility index (Phi) is 7.55. The smallest absolute Gasteiger partial charge is 0.546 e. The molecule has 1 aromatic carbocycles. The molecule has 1 heterocycles. The van der Waals surface area contributed by atoms with E-state index in [1.807, 2.05) is 0 Å². The van der Waals surface area contributed by atoms with Crippen molar-refractivity contribution in [3.05, 3.63) is 47.1 Å². The molecule has 0 aliphatic heterocycles. The summed E-state index contributed by atoms with van der Waals surface area (Å²) >= 11 is 5.74. The first-order valence-corrected chi connectivity index (χ1v) is 6.93. The van der Waals surface area contributed by atoms with E-state index < -0.39 is 23.8 Å². The van der Waals surface area contributed by atoms with Crippen molar-refractivity contribution in [1.82, 2.24) is 4.98 Å². The number of aliphatic carboxylic acids is 1. The Hall–Kier alpha value is -1.48. The SMILES string of the molecule is C[C@@H](Oc1ccc(Oc2ncc(C(F)(F)F)cc2Cl)cc1)C(=O)[O-].[Na+]. The van der Waals surface area contributed by atoms with Crippen molar-refractivity contribution in [2.24, 2.45) is 0 Å². The van der Waals surface area contributed by atoms with Crippen LogP contribution in [-0.2, 0) is 11.0 Å². The predicted molar refractivity (Wildman–Crippen MR) is 75.9 cm³/mol. The number of ether oxygens (including phenoxy) is 2. The first-order chi connectivity index (χ1) is 11.2. The third-order valence-corrected chi connectivity index (χ3v) is 3.09. The maximum Gasteiger partial charge on any atom is 1.00 e. The number of carboxylic acid groups (broad SMARTS) is 1. The Balaban J connectivity index is 0.00000312. The molecule has 0 saturated carbocycles. The molecule has 0 saturated heterocycles. The van der Waals surface area contributed by atoms with Gasteiger partial charge in [0.15, 0.2) is 0 Å². The Morgan fingerprint density at radius 2 is 1.80 bits per heavy atom. The van der Waals surface area contributed by atoms with Crippen LogP contribution in [0.5, 0.6) is 17.4 Å². The average molecular weight is 384 g/mol. The first-order valence-electron chi connectivity index (χ1n) is 6.55. The van der Waals surface area contributed by atoms with Crippen molar-refractivity contribution in [3.8, 4) is 17.4 Å². The molecule has 1 atom stereocenters. The van der Waals surface area contributed by atoms with Gasteiger partial charge in [0.05, 0.1) is 11.5 Å². The van der Waals surface area contributed by atoms with Crippen molar-refractivity contribution >= 4 is 17.6 Å². The summed E-state index contributed by atoms with van der Waals surface area (Å²) in [6, 6.07) is 6.41. The molecule has 0 spiro atoms. The molecule has 0 radical (unpaired) electrons. The molecule has 0 aliphatic rings. The molecule has 10 heteroatoms. The fraction of sp³-hybridized carbons (Fsp3) is 0.200. The Labute approximate surface area is 168 Å². The van der Waals surface area contributed by atoms with Crippen molar-refractivity contribution in [2.75, 3.05) is 0 Å². The summed E-state index contributed by atoms with van der Waals surface area (Å²) in [6.45, 7) is 1.31. The molecule has 5 nitrogen and oxygen atoms in total. The van der Waals surface area contributed by atoms with Gasteiger partial charge in [-0.25, -0.2) is 4.98 Å². The molecule has 0 bridgehead atoms. The van der Waals surface area contributed by atoms with Crippen LogP contribution in [0.2, 0.25) is 5.02 Å². The van der Waals surface area contributed by atoms with Gasteiger partial charge in [-0.1, -0.05) is 11.6 Å². The standard InChI is InChI=1S/C15H11ClF3NO4.Na/c1-8(14(21)22)23-10-2-4-11(5-3-10)24-13-12(16)6-9(7-20-13)15(17,18)19;/h2-8H,1H3,(H,21,22);/q;+1/p-1/t8-;/m1./s1. The molecule has 0 amide bonds. The number of nitrogens with zero attached hydrogens (tertiary/aromatic N) is 1. The number of alkyl halides is 3. The van der Waals surface area contributed by atoms with Crippen molar-refractivity contribution in [2.45, 2.75) is 19.2 Å². The van der Waals surface area contributed by atoms with Crippen LogP contribution in [0, 0.1) is 0 Å². The number of carbonyl (C=O) groups is 1. The second-order valence-corrected chi connectivity index (χ2v) is 5.07. The minimum absolute atomic E-state index is 0. The van der Waals surface area contributed by atoms with Crippen molar-refractivity contribution in [1.29, 1.82) is 0 Å². The Morgan fingerprint density at radius 3 is 2.28 bits per heavy atom. The van der Waals surface area contributed by atoms with E-state index in [4.69, 9.17) is 21.1 Å². The number of carbonyl (C=O) groups excluding carboxylic acids is 1. The molecular weight excluding hydrogens is 374 g/mol. The van der Waals surface area contributed by atoms with E-state index in [9.17, 15) is 23.1 Å². The van der Waals surface area contributed by atoms with E-state index in [0.29, 0.717) is 12.3 Å². The molecule has 0 unspecified atom stereocenters. The molecular formula is C15H10ClF3NNaO4. The van der Waals surface area contributed by atoms with E-state index in [0.717, 1.165) is 0 Å². The van der Waals surface area contributed by atoms with E-state index in [-0.39, 0.29) is 52.0 Å². The van der Waals surface area contributed by atoms with Gasteiger partial charge in [0.25, 0.3) is 0 Å². The number of hydrogen-bond donors (Lipinski definition) is 0. The number of hydrogen-bond acceptors (Lipinski definition) is 5. The van der Waals surface area contributed by atoms with Crippen LogP contribution in [0.1, 0.15) is 12.5 Å². The van der Waals surface area contributed by atoms with Crippen molar-refractivity contribution < 1.29 is 62.1 Å². The van der Waals surface area contributed by atoms with Crippen LogP contribution >= 0.6 is 11.6 Å². The van der Waals surface area contributed by atoms with Crippen LogP contribution in [-0.4, -0.2) is 17.1 Å². The third-order valence-electron chi connectivity index (χ3n) is 2.82. The fourth-order valence-electron chi connectivity index (χ4n) is 1.61. The zero-order chi connectivity index (χ0) is 17.9. The summed E-state index contributed by atoms with van der Waals surface area (Å²) in [5.74, 6) is -1.07. The summed E-state index contributed by atoms with van der Waals surface area (Å²) in [4.78, 5) is 14.1. The molecule has 128 valence electrons. The predicted octanol–water partition coefficient (Wildman–Crippen LogP) is 0.0673. The normalized spacial score (nSPS) is 12.0. The van der Waals surface area contributed by atoms with Crippen LogP contribution in [0.4, 0.5) is 13.2 Å². The van der Waals surface area contributed by atoms with Gasteiger partial charge in [-0.15, -0.1) is 0 Å². The molecule has 2 rings (SSSR count). The van der Waals surface area contributed by atoms with E-state index in [1.165, 1.54) is 31.2 Å². The number of halogens is 4. The van der Waals surface area contributed by atoms with Gasteiger partial charge in [0.1, 0.15) is 22.6 Å². The topological polar surface area (TPSA) is 71.5 Å². The quantitative estimate of drug-likeness (QED) is 0.683. The van der Waals surface area contributed by atoms with Gasteiger partial charge < -0.3 is 19.4 Å². The van der Waals surface area contributed by atoms with Crippen molar-refractivity contribution in [3.63, 3.8) is 0 Å². The van der Waals surface area contributed by atoms with Crippen LogP contribution < -0.4 is 44.1 Å². The maximum absolute atomic E-state index is 12.5. The molecule has 0 fully saturated rings. The van der Waals surface area contributed by atoms with E-state index in [2.05, 4.69) is 4.98 Å². The van der Waals surface area contributed by atoms with E-state index in [1.54, 1.807) is 0 Å². The fourth-order valence-corrected chi connectivity index (χ4v) is 1.81. The molecule has 1 aromatic heterocycles. The van der Waals surface area contributed by atoms with Crippen LogP contribution in [0.25, 0.3) is 0 Å². The summed E-state index contributed by atoms with van der Waals surface area (Å²) < 4.78 is 48.0. The summed E-state index contributed by atoms with van der Waals surface area (Å²) in [7, 11) is 0. The molecule has 0 aliphatic carbocycles. The second-order valence-electron chi connectivity index (χ2n) is 4.66. The average Bonchev–Trinajstić information content (AvgIpc) is 2.50. The summed E-state index contributed by atoms with van der Waals surface area (Å²) in [5.41, 5.74) is -0.986. The van der Waals surface area contributed by atoms with Gasteiger partial charge in [0.2, 0.25) is 5.88 Å². The summed E-state index contributed by atoms with van der Waals surface area (Å²) in [6.07, 6.45) is -5.08. The number of pyridine rings is 1. The van der Waals surface area contributed by atoms with Gasteiger partial charge in [-0.05, 0) is 37.3 Å². The van der Waals surface area contributed by atoms with Gasteiger partial charge in [-0.3, -0.25) is 0 Å². The second kappa shape index (κ2) is 8.75. The van der Waals surface area contributed by atoms with Gasteiger partial charge in [0, 0.05) is 6.20 Å². The minimum Gasteiger partial charge on any atom is -0.546 e. The zero-order valence-electron chi connectivity index (χ0n) is 13.1. The Morgan fingerprint density at radius 1 is 1.24 bits per heavy atom. The number of carboxylic acids is 1. The number of rotatable bonds is 5. The third kappa shape index (κ3) is 6.07. The molecule has 0 N–H and O–H groups in total. The number of benzene rings is 1. The first kappa shape index (κ1) is 21.6. The minimum atomic E-state index is -4.55. The van der Waals surface area contributed by atoms with E-state index >= 15 is 0 Å². The number of aromatic nitrogens is 1. The zero-order valence-corrected chi connectivity index (χ0v) is 15.9. The Bertz CT molecular complexity index is 741. The molecule has 25 heavy (non-hydrogen) atoms. The van der Waals surface area contributed by atoms with Gasteiger partial charge in [-0.2, -0.15) is 13.2 Å². The van der Waals surface area contributed by atoms with Crippen LogP contribution in [0.3, 0.4) is 0 Å². The maximum atomic E-state index is 12.5. The van der Waals surface area contributed by atoms with Crippen LogP contribution in [0.15, 0.2) is 36.5 Å². The monoisotopic (exact) mass is 383 g/mol. The summed E-state index contributed by atoms with van der Waals surface area (Å²) in [5, 5.41) is 10.3.